The minimum absolute atomic E-state index is 0.143. The number of nitrogens with one attached hydrogen (secondary N) is 2. The van der Waals surface area contributed by atoms with E-state index in [1.807, 2.05) is 62.4 Å². The molecule has 0 fully saturated rings. The van der Waals surface area contributed by atoms with Gasteiger partial charge in [-0.05, 0) is 17.4 Å². The van der Waals surface area contributed by atoms with Gasteiger partial charge in [0.2, 0.25) is 21.1 Å². The predicted molar refractivity (Wildman–Crippen MR) is 131 cm³/mol. The van der Waals surface area contributed by atoms with Crippen molar-refractivity contribution >= 4 is 43.2 Å². The molecule has 0 aliphatic rings. The van der Waals surface area contributed by atoms with Crippen LogP contribution in [0, 0.1) is 5.92 Å². The first-order valence-corrected chi connectivity index (χ1v) is 12.9. The van der Waals surface area contributed by atoms with Gasteiger partial charge in [-0.3, -0.25) is 10.1 Å². The van der Waals surface area contributed by atoms with Crippen molar-refractivity contribution in [1.82, 2.24) is 14.9 Å². The topological polar surface area (TPSA) is 101 Å². The number of nitrogens with zero attached hydrogens (tertiary/aromatic N) is 2. The molecule has 0 spiro atoms. The molecule has 170 valence electrons. The van der Waals surface area contributed by atoms with Gasteiger partial charge in [0.25, 0.3) is 0 Å². The summed E-state index contributed by atoms with van der Waals surface area (Å²) >= 11 is 1.24. The van der Waals surface area contributed by atoms with Gasteiger partial charge in [-0.1, -0.05) is 98.3 Å². The fraction of sp³-hybridized carbons (Fsp3) is 0.208. The maximum Gasteiger partial charge on any atom is 0.244 e. The maximum absolute atomic E-state index is 13.3. The third-order valence-corrected chi connectivity index (χ3v) is 7.88. The van der Waals surface area contributed by atoms with E-state index in [9.17, 15) is 13.2 Å². The Morgan fingerprint density at radius 1 is 0.970 bits per heavy atom. The van der Waals surface area contributed by atoms with Crippen molar-refractivity contribution in [1.29, 1.82) is 0 Å². The van der Waals surface area contributed by atoms with Crippen molar-refractivity contribution in [3.05, 3.63) is 72.8 Å². The van der Waals surface area contributed by atoms with Crippen LogP contribution in [0.25, 0.3) is 21.3 Å². The summed E-state index contributed by atoms with van der Waals surface area (Å²) in [7, 11) is -3.96. The van der Waals surface area contributed by atoms with E-state index >= 15 is 0 Å². The number of amides is 1. The van der Waals surface area contributed by atoms with Gasteiger partial charge in [0.15, 0.2) is 0 Å². The van der Waals surface area contributed by atoms with E-state index in [4.69, 9.17) is 0 Å². The van der Waals surface area contributed by atoms with Crippen LogP contribution < -0.4 is 10.0 Å². The molecule has 33 heavy (non-hydrogen) atoms. The van der Waals surface area contributed by atoms with Crippen LogP contribution in [0.4, 0.5) is 5.13 Å². The van der Waals surface area contributed by atoms with Crippen molar-refractivity contribution in [3.63, 3.8) is 0 Å². The number of anilines is 1. The summed E-state index contributed by atoms with van der Waals surface area (Å²) in [6.07, 6.45) is 0.613. The zero-order valence-corrected chi connectivity index (χ0v) is 19.9. The molecule has 3 aromatic carbocycles. The quantitative estimate of drug-likeness (QED) is 0.381. The van der Waals surface area contributed by atoms with Crippen LogP contribution >= 0.6 is 11.3 Å². The molecule has 2 atom stereocenters. The van der Waals surface area contributed by atoms with Gasteiger partial charge in [0.1, 0.15) is 11.0 Å². The number of carbonyl (C=O) groups is 1. The molecule has 1 aromatic heterocycles. The second-order valence-corrected chi connectivity index (χ2v) is 10.4. The van der Waals surface area contributed by atoms with E-state index in [1.165, 1.54) is 11.3 Å². The molecule has 0 aliphatic carbocycles. The highest BCUT2D eigenvalue weighted by atomic mass is 32.2. The first-order valence-electron chi connectivity index (χ1n) is 10.6. The van der Waals surface area contributed by atoms with Crippen LogP contribution in [0.15, 0.2) is 77.7 Å². The number of aromatic nitrogens is 2. The number of rotatable bonds is 8. The van der Waals surface area contributed by atoms with Crippen LogP contribution in [0.5, 0.6) is 0 Å². The Labute approximate surface area is 196 Å². The molecule has 9 heteroatoms. The number of fused-ring (bicyclic) bond motifs is 1. The highest BCUT2D eigenvalue weighted by Crippen LogP contribution is 2.27. The second-order valence-electron chi connectivity index (χ2n) is 7.73. The summed E-state index contributed by atoms with van der Waals surface area (Å²) in [5.41, 5.74) is 0.894. The van der Waals surface area contributed by atoms with Crippen LogP contribution in [0.3, 0.4) is 0 Å². The Hall–Kier alpha value is -3.14. The Morgan fingerprint density at radius 2 is 1.67 bits per heavy atom. The van der Waals surface area contributed by atoms with Crippen molar-refractivity contribution in [2.24, 2.45) is 5.92 Å². The summed E-state index contributed by atoms with van der Waals surface area (Å²) in [5.74, 6) is -0.708. The number of hydrogen-bond donors (Lipinski definition) is 2. The Balaban J connectivity index is 1.58. The molecule has 1 amide bonds. The van der Waals surface area contributed by atoms with Crippen molar-refractivity contribution in [2.75, 3.05) is 5.32 Å². The van der Waals surface area contributed by atoms with Gasteiger partial charge in [0.05, 0.1) is 4.90 Å². The lowest BCUT2D eigenvalue weighted by atomic mass is 9.99. The monoisotopic (exact) mass is 480 g/mol. The summed E-state index contributed by atoms with van der Waals surface area (Å²) < 4.78 is 29.2. The van der Waals surface area contributed by atoms with E-state index in [-0.39, 0.29) is 10.8 Å². The summed E-state index contributed by atoms with van der Waals surface area (Å²) in [4.78, 5) is 13.3. The number of benzene rings is 3. The van der Waals surface area contributed by atoms with Crippen molar-refractivity contribution < 1.29 is 13.2 Å². The average molecular weight is 481 g/mol. The highest BCUT2D eigenvalue weighted by Gasteiger charge is 2.31. The standard InChI is InChI=1S/C24H24N4O3S2/c1-3-16(2)21(22(29)25-24-27-26-23(32-24)18-11-5-4-6-12-18)28-33(30,31)20-15-9-13-17-10-7-8-14-19(17)20/h4-16,21,28H,3H2,1-2H3,(H,25,27,29)/t16-,21+/m0/s1. The van der Waals surface area contributed by atoms with Gasteiger partial charge < -0.3 is 0 Å². The minimum Gasteiger partial charge on any atom is -0.299 e. The van der Waals surface area contributed by atoms with Gasteiger partial charge in [0, 0.05) is 10.9 Å². The molecule has 0 saturated heterocycles. The maximum atomic E-state index is 13.3. The molecular weight excluding hydrogens is 456 g/mol. The van der Waals surface area contributed by atoms with Crippen LogP contribution in [0.2, 0.25) is 0 Å². The molecule has 0 aliphatic heterocycles. The smallest absolute Gasteiger partial charge is 0.244 e. The molecule has 0 radical (unpaired) electrons. The lowest BCUT2D eigenvalue weighted by Crippen LogP contribution is -2.47. The fourth-order valence-corrected chi connectivity index (χ4v) is 5.76. The van der Waals surface area contributed by atoms with E-state index in [0.29, 0.717) is 21.9 Å². The molecular formula is C24H24N4O3S2. The molecule has 0 unspecified atom stereocenters. The lowest BCUT2D eigenvalue weighted by Gasteiger charge is -2.23. The zero-order chi connectivity index (χ0) is 23.4. The third-order valence-electron chi connectivity index (χ3n) is 5.49. The van der Waals surface area contributed by atoms with Crippen LogP contribution in [0.1, 0.15) is 20.3 Å². The summed E-state index contributed by atoms with van der Waals surface area (Å²) in [6.45, 7) is 3.75. The fourth-order valence-electron chi connectivity index (χ4n) is 3.48. The molecule has 4 rings (SSSR count). The number of carbonyl (C=O) groups excluding carboxylic acids is 1. The highest BCUT2D eigenvalue weighted by molar-refractivity contribution is 7.89. The lowest BCUT2D eigenvalue weighted by molar-refractivity contribution is -0.118. The van der Waals surface area contributed by atoms with E-state index in [2.05, 4.69) is 20.2 Å². The second kappa shape index (κ2) is 9.78. The van der Waals surface area contributed by atoms with Crippen LogP contribution in [-0.4, -0.2) is 30.6 Å². The summed E-state index contributed by atoms with van der Waals surface area (Å²) in [5, 5.41) is 13.3. The van der Waals surface area contributed by atoms with Crippen LogP contribution in [-0.2, 0) is 14.8 Å². The Kier molecular flexibility index (Phi) is 6.83. The third kappa shape index (κ3) is 5.11. The zero-order valence-electron chi connectivity index (χ0n) is 18.2. The normalized spacial score (nSPS) is 13.5. The Morgan fingerprint density at radius 3 is 2.42 bits per heavy atom. The molecule has 2 N–H and O–H groups in total. The van der Waals surface area contributed by atoms with E-state index in [1.54, 1.807) is 24.3 Å². The number of hydrogen-bond acceptors (Lipinski definition) is 6. The largest absolute Gasteiger partial charge is 0.299 e. The average Bonchev–Trinajstić information content (AvgIpc) is 3.30. The first kappa shape index (κ1) is 23.0. The van der Waals surface area contributed by atoms with Gasteiger partial charge in [-0.15, -0.1) is 10.2 Å². The first-order chi connectivity index (χ1) is 15.9. The van der Waals surface area contributed by atoms with Crippen molar-refractivity contribution in [3.8, 4) is 10.6 Å². The van der Waals surface area contributed by atoms with Gasteiger partial charge in [-0.25, -0.2) is 8.42 Å². The predicted octanol–water partition coefficient (Wildman–Crippen LogP) is 4.69. The SMILES string of the molecule is CC[C@H](C)[C@@H](NS(=O)(=O)c1cccc2ccccc12)C(=O)Nc1nnc(-c2ccccc2)s1. The van der Waals surface area contributed by atoms with E-state index < -0.39 is 22.0 Å². The van der Waals surface area contributed by atoms with Gasteiger partial charge in [-0.2, -0.15) is 4.72 Å². The molecule has 7 nitrogen and oxygen atoms in total. The summed E-state index contributed by atoms with van der Waals surface area (Å²) in [6, 6.07) is 20.9. The molecule has 1 heterocycles. The minimum atomic E-state index is -3.96. The van der Waals surface area contributed by atoms with Crippen molar-refractivity contribution in [2.45, 2.75) is 31.2 Å². The molecule has 4 aromatic rings. The Bertz CT molecular complexity index is 1370. The molecule has 0 saturated carbocycles. The number of sulfonamides is 1. The van der Waals surface area contributed by atoms with E-state index in [0.717, 1.165) is 10.9 Å². The molecule has 0 bridgehead atoms. The van der Waals surface area contributed by atoms with Gasteiger partial charge >= 0.3 is 0 Å².